The molecule has 0 bridgehead atoms. The molecule has 7 nitrogen and oxygen atoms in total. The number of ether oxygens (including phenoxy) is 1. The molecule has 152 valence electrons. The number of para-hydroxylation sites is 2. The Balaban J connectivity index is 2.28. The van der Waals surface area contributed by atoms with Crippen molar-refractivity contribution < 1.29 is 22.2 Å². The molecule has 9 heteroatoms. The SMILES string of the molecule is COc1ccccc1NS(=O)(=O)c1cccc(C(=O)N(C)C(C)CS(C)=O)c1. The van der Waals surface area contributed by atoms with Crippen LogP contribution in [0.5, 0.6) is 5.75 Å². The lowest BCUT2D eigenvalue weighted by Crippen LogP contribution is -2.38. The summed E-state index contributed by atoms with van der Waals surface area (Å²) in [5, 5.41) is 0. The number of rotatable bonds is 8. The lowest BCUT2D eigenvalue weighted by Gasteiger charge is -2.24. The van der Waals surface area contributed by atoms with Gasteiger partial charge in [0.05, 0.1) is 17.7 Å². The van der Waals surface area contributed by atoms with Crippen LogP contribution in [0.4, 0.5) is 5.69 Å². The molecule has 0 spiro atoms. The van der Waals surface area contributed by atoms with E-state index in [2.05, 4.69) is 4.72 Å². The number of nitrogens with zero attached hydrogens (tertiary/aromatic N) is 1. The van der Waals surface area contributed by atoms with Crippen molar-refractivity contribution in [1.29, 1.82) is 0 Å². The van der Waals surface area contributed by atoms with E-state index in [1.54, 1.807) is 50.6 Å². The van der Waals surface area contributed by atoms with Gasteiger partial charge in [-0.1, -0.05) is 18.2 Å². The molecule has 2 rings (SSSR count). The summed E-state index contributed by atoms with van der Waals surface area (Å²) in [6.07, 6.45) is 1.57. The van der Waals surface area contributed by atoms with Gasteiger partial charge in [-0.25, -0.2) is 8.42 Å². The van der Waals surface area contributed by atoms with Crippen LogP contribution in [0.3, 0.4) is 0 Å². The first-order valence-electron chi connectivity index (χ1n) is 8.49. The molecule has 0 radical (unpaired) electrons. The molecule has 1 amide bonds. The first kappa shape index (κ1) is 21.9. The third-order valence-corrected chi connectivity index (χ3v) is 6.51. The number of hydrogen-bond acceptors (Lipinski definition) is 5. The third kappa shape index (κ3) is 5.32. The van der Waals surface area contributed by atoms with Crippen molar-refractivity contribution in [1.82, 2.24) is 4.90 Å². The highest BCUT2D eigenvalue weighted by atomic mass is 32.2. The summed E-state index contributed by atoms with van der Waals surface area (Å²) in [5.41, 5.74) is 0.539. The summed E-state index contributed by atoms with van der Waals surface area (Å²) in [5.74, 6) is 0.391. The van der Waals surface area contributed by atoms with Crippen LogP contribution in [0.1, 0.15) is 17.3 Å². The van der Waals surface area contributed by atoms with Gasteiger partial charge >= 0.3 is 0 Å². The van der Waals surface area contributed by atoms with E-state index in [1.807, 2.05) is 0 Å². The number of sulfonamides is 1. The molecule has 2 aromatic rings. The van der Waals surface area contributed by atoms with Crippen LogP contribution in [0.25, 0.3) is 0 Å². The number of anilines is 1. The molecule has 2 atom stereocenters. The van der Waals surface area contributed by atoms with E-state index in [0.717, 1.165) is 0 Å². The summed E-state index contributed by atoms with van der Waals surface area (Å²) in [6, 6.07) is 12.2. The molecule has 28 heavy (non-hydrogen) atoms. The Morgan fingerprint density at radius 2 is 1.89 bits per heavy atom. The van der Waals surface area contributed by atoms with Crippen LogP contribution in [0, 0.1) is 0 Å². The minimum absolute atomic E-state index is 0.0376. The van der Waals surface area contributed by atoms with Crippen molar-refractivity contribution in [3.8, 4) is 5.75 Å². The molecular formula is C19H24N2O5S2. The van der Waals surface area contributed by atoms with Crippen molar-refractivity contribution >= 4 is 32.4 Å². The fourth-order valence-corrected chi connectivity index (χ4v) is 4.60. The second-order valence-corrected chi connectivity index (χ2v) is 9.50. The quantitative estimate of drug-likeness (QED) is 0.702. The van der Waals surface area contributed by atoms with E-state index in [4.69, 9.17) is 4.74 Å². The average Bonchev–Trinajstić information content (AvgIpc) is 2.66. The highest BCUT2D eigenvalue weighted by Crippen LogP contribution is 2.26. The van der Waals surface area contributed by atoms with E-state index in [-0.39, 0.29) is 22.4 Å². The Morgan fingerprint density at radius 1 is 1.21 bits per heavy atom. The van der Waals surface area contributed by atoms with E-state index < -0.39 is 20.8 Å². The minimum Gasteiger partial charge on any atom is -0.495 e. The second-order valence-electron chi connectivity index (χ2n) is 6.34. The highest BCUT2D eigenvalue weighted by Gasteiger charge is 2.22. The van der Waals surface area contributed by atoms with Crippen LogP contribution in [-0.4, -0.2) is 55.6 Å². The number of carbonyl (C=O) groups is 1. The standard InChI is InChI=1S/C19H24N2O5S2/c1-14(13-27(4)23)21(2)19(22)15-8-7-9-16(12-15)28(24,25)20-17-10-5-6-11-18(17)26-3/h5-12,14,20H,13H2,1-4H3. The van der Waals surface area contributed by atoms with E-state index in [1.165, 1.54) is 30.2 Å². The van der Waals surface area contributed by atoms with Crippen LogP contribution in [0.2, 0.25) is 0 Å². The fraction of sp³-hybridized carbons (Fsp3) is 0.316. The maximum atomic E-state index is 12.8. The van der Waals surface area contributed by atoms with Crippen molar-refractivity contribution in [3.05, 3.63) is 54.1 Å². The van der Waals surface area contributed by atoms with Gasteiger partial charge in [-0.2, -0.15) is 0 Å². The maximum absolute atomic E-state index is 12.8. The zero-order valence-corrected chi connectivity index (χ0v) is 17.8. The molecule has 0 heterocycles. The Hall–Kier alpha value is -2.39. The van der Waals surface area contributed by atoms with Gasteiger partial charge in [0.2, 0.25) is 0 Å². The van der Waals surface area contributed by atoms with Crippen molar-refractivity contribution in [2.45, 2.75) is 17.9 Å². The van der Waals surface area contributed by atoms with Gasteiger partial charge in [-0.15, -0.1) is 0 Å². The first-order valence-corrected chi connectivity index (χ1v) is 11.7. The molecule has 0 saturated heterocycles. The van der Waals surface area contributed by atoms with Gasteiger partial charge < -0.3 is 9.64 Å². The normalized spacial score (nSPS) is 13.4. The molecular weight excluding hydrogens is 400 g/mol. The van der Waals surface area contributed by atoms with Crippen LogP contribution < -0.4 is 9.46 Å². The third-order valence-electron chi connectivity index (χ3n) is 4.20. The fourth-order valence-electron chi connectivity index (χ4n) is 2.58. The summed E-state index contributed by atoms with van der Waals surface area (Å²) in [4.78, 5) is 14.1. The van der Waals surface area contributed by atoms with Gasteiger partial charge in [-0.3, -0.25) is 13.7 Å². The molecule has 2 unspecified atom stereocenters. The molecule has 0 aliphatic carbocycles. The number of benzene rings is 2. The summed E-state index contributed by atoms with van der Waals surface area (Å²) in [7, 11) is -1.91. The number of hydrogen-bond donors (Lipinski definition) is 1. The monoisotopic (exact) mass is 424 g/mol. The first-order chi connectivity index (χ1) is 13.2. The van der Waals surface area contributed by atoms with E-state index >= 15 is 0 Å². The minimum atomic E-state index is -3.92. The van der Waals surface area contributed by atoms with Gasteiger partial charge in [0.25, 0.3) is 15.9 Å². The van der Waals surface area contributed by atoms with E-state index in [0.29, 0.717) is 17.2 Å². The largest absolute Gasteiger partial charge is 0.495 e. The van der Waals surface area contributed by atoms with Gasteiger partial charge in [-0.05, 0) is 37.3 Å². The summed E-state index contributed by atoms with van der Waals surface area (Å²) >= 11 is 0. The molecule has 0 aromatic heterocycles. The molecule has 0 fully saturated rings. The predicted octanol–water partition coefficient (Wildman–Crippen LogP) is 2.33. The number of carbonyl (C=O) groups excluding carboxylic acids is 1. The van der Waals surface area contributed by atoms with Crippen molar-refractivity contribution in [3.63, 3.8) is 0 Å². The zero-order chi connectivity index (χ0) is 20.9. The number of methoxy groups -OCH3 is 1. The highest BCUT2D eigenvalue weighted by molar-refractivity contribution is 7.92. The molecule has 0 aliphatic rings. The van der Waals surface area contributed by atoms with Gasteiger partial charge in [0, 0.05) is 41.5 Å². The van der Waals surface area contributed by atoms with Crippen molar-refractivity contribution in [2.75, 3.05) is 30.9 Å². The number of amides is 1. The van der Waals surface area contributed by atoms with Gasteiger partial charge in [0.15, 0.2) is 0 Å². The second kappa shape index (κ2) is 9.20. The molecule has 0 saturated carbocycles. The molecule has 1 N–H and O–H groups in total. The topological polar surface area (TPSA) is 92.8 Å². The van der Waals surface area contributed by atoms with Crippen LogP contribution in [-0.2, 0) is 20.8 Å². The predicted molar refractivity (Wildman–Crippen MR) is 111 cm³/mol. The zero-order valence-electron chi connectivity index (χ0n) is 16.2. The Bertz CT molecular complexity index is 976. The lowest BCUT2D eigenvalue weighted by atomic mass is 10.2. The smallest absolute Gasteiger partial charge is 0.262 e. The molecule has 0 aliphatic heterocycles. The van der Waals surface area contributed by atoms with Gasteiger partial charge in [0.1, 0.15) is 5.75 Å². The summed E-state index contributed by atoms with van der Waals surface area (Å²) < 4.78 is 44.6. The Kier molecular flexibility index (Phi) is 7.20. The Morgan fingerprint density at radius 3 is 2.54 bits per heavy atom. The van der Waals surface area contributed by atoms with E-state index in [9.17, 15) is 17.4 Å². The van der Waals surface area contributed by atoms with Crippen LogP contribution >= 0.6 is 0 Å². The molecule has 2 aromatic carbocycles. The average molecular weight is 425 g/mol. The van der Waals surface area contributed by atoms with Crippen LogP contribution in [0.15, 0.2) is 53.4 Å². The maximum Gasteiger partial charge on any atom is 0.262 e. The Labute approximate surface area is 168 Å². The number of nitrogens with one attached hydrogen (secondary N) is 1. The van der Waals surface area contributed by atoms with Crippen molar-refractivity contribution in [2.24, 2.45) is 0 Å². The summed E-state index contributed by atoms with van der Waals surface area (Å²) in [6.45, 7) is 1.79. The lowest BCUT2D eigenvalue weighted by molar-refractivity contribution is 0.0757.